The van der Waals surface area contributed by atoms with Gasteiger partial charge < -0.3 is 14.2 Å². The van der Waals surface area contributed by atoms with Crippen LogP contribution in [0.15, 0.2) is 24.3 Å². The molecule has 2 rings (SSSR count). The van der Waals surface area contributed by atoms with Gasteiger partial charge in [-0.1, -0.05) is 28.1 Å². The minimum Gasteiger partial charge on any atom is -0.493 e. The van der Waals surface area contributed by atoms with Crippen LogP contribution in [-0.2, 0) is 16.1 Å². The smallest absolute Gasteiger partial charge is 0.119 e. The number of hydrogen-bond acceptors (Lipinski definition) is 3. The molecule has 106 valence electrons. The Bertz CT molecular complexity index is 389. The lowest BCUT2D eigenvalue weighted by atomic mass is 9.83. The Morgan fingerprint density at radius 3 is 2.79 bits per heavy atom. The van der Waals surface area contributed by atoms with Gasteiger partial charge in [-0.15, -0.1) is 0 Å². The first-order valence-electron chi connectivity index (χ1n) is 6.62. The van der Waals surface area contributed by atoms with Crippen molar-refractivity contribution in [3.8, 4) is 5.75 Å². The van der Waals surface area contributed by atoms with E-state index in [2.05, 4.69) is 15.9 Å². The Morgan fingerprint density at radius 1 is 1.32 bits per heavy atom. The van der Waals surface area contributed by atoms with Crippen LogP contribution in [0.4, 0.5) is 0 Å². The summed E-state index contributed by atoms with van der Waals surface area (Å²) in [6.45, 7) is 3.02. The molecule has 3 nitrogen and oxygen atoms in total. The van der Waals surface area contributed by atoms with Crippen LogP contribution < -0.4 is 4.74 Å². The second kappa shape index (κ2) is 7.27. The van der Waals surface area contributed by atoms with E-state index >= 15 is 0 Å². The average Bonchev–Trinajstić information content (AvgIpc) is 2.47. The van der Waals surface area contributed by atoms with Crippen LogP contribution in [0.3, 0.4) is 0 Å². The normalized spacial score (nSPS) is 18.2. The zero-order valence-corrected chi connectivity index (χ0v) is 12.9. The summed E-state index contributed by atoms with van der Waals surface area (Å²) in [5.41, 5.74) is 1.34. The fraction of sp³-hybridized carbons (Fsp3) is 0.600. The van der Waals surface area contributed by atoms with Crippen LogP contribution in [0.5, 0.6) is 5.75 Å². The predicted octanol–water partition coefficient (Wildman–Crippen LogP) is 3.40. The van der Waals surface area contributed by atoms with Gasteiger partial charge in [0.2, 0.25) is 0 Å². The number of ether oxygens (including phenoxy) is 3. The highest BCUT2D eigenvalue weighted by molar-refractivity contribution is 9.09. The standard InChI is InChI=1S/C15H21BrO3/c1-17-10-13-3-2-4-14(9-13)19-12-15(11-16)5-7-18-8-6-15/h2-4,9H,5-8,10-12H2,1H3. The number of hydrogen-bond donors (Lipinski definition) is 0. The highest BCUT2D eigenvalue weighted by Crippen LogP contribution is 2.33. The molecular weight excluding hydrogens is 308 g/mol. The number of alkyl halides is 1. The van der Waals surface area contributed by atoms with Gasteiger partial charge in [0.15, 0.2) is 0 Å². The van der Waals surface area contributed by atoms with Gasteiger partial charge >= 0.3 is 0 Å². The number of halogens is 1. The van der Waals surface area contributed by atoms with E-state index in [1.165, 1.54) is 0 Å². The maximum absolute atomic E-state index is 5.99. The molecule has 1 fully saturated rings. The summed E-state index contributed by atoms with van der Waals surface area (Å²) < 4.78 is 16.6. The highest BCUT2D eigenvalue weighted by Gasteiger charge is 2.32. The summed E-state index contributed by atoms with van der Waals surface area (Å²) in [5, 5.41) is 0.959. The quantitative estimate of drug-likeness (QED) is 0.749. The average molecular weight is 329 g/mol. The molecule has 0 radical (unpaired) electrons. The van der Waals surface area contributed by atoms with Gasteiger partial charge in [-0.05, 0) is 30.5 Å². The Labute approximate surface area is 123 Å². The van der Waals surface area contributed by atoms with Gasteiger partial charge in [0.1, 0.15) is 5.75 Å². The third-order valence-electron chi connectivity index (χ3n) is 3.59. The summed E-state index contributed by atoms with van der Waals surface area (Å²) in [6, 6.07) is 8.10. The Balaban J connectivity index is 1.94. The molecule has 1 aromatic carbocycles. The molecule has 0 N–H and O–H groups in total. The van der Waals surface area contributed by atoms with Crippen LogP contribution in [0, 0.1) is 5.41 Å². The van der Waals surface area contributed by atoms with E-state index in [0.29, 0.717) is 6.61 Å². The van der Waals surface area contributed by atoms with Crippen LogP contribution in [0.2, 0.25) is 0 Å². The van der Waals surface area contributed by atoms with Gasteiger partial charge in [0.25, 0.3) is 0 Å². The number of benzene rings is 1. The van der Waals surface area contributed by atoms with E-state index in [9.17, 15) is 0 Å². The Kier molecular flexibility index (Phi) is 5.67. The van der Waals surface area contributed by atoms with Crippen LogP contribution in [-0.4, -0.2) is 32.3 Å². The van der Waals surface area contributed by atoms with Crippen LogP contribution >= 0.6 is 15.9 Å². The lowest BCUT2D eigenvalue weighted by molar-refractivity contribution is 0.00351. The third-order valence-corrected chi connectivity index (χ3v) is 4.78. The maximum atomic E-state index is 5.99. The predicted molar refractivity (Wildman–Crippen MR) is 78.9 cm³/mol. The second-order valence-corrected chi connectivity index (χ2v) is 5.68. The zero-order chi connectivity index (χ0) is 13.6. The first kappa shape index (κ1) is 14.8. The summed E-state index contributed by atoms with van der Waals surface area (Å²) >= 11 is 3.63. The lowest BCUT2D eigenvalue weighted by Gasteiger charge is -2.35. The molecule has 0 unspecified atom stereocenters. The largest absolute Gasteiger partial charge is 0.493 e. The van der Waals surface area contributed by atoms with E-state index < -0.39 is 0 Å². The molecule has 0 aromatic heterocycles. The summed E-state index contributed by atoms with van der Waals surface area (Å²) in [7, 11) is 1.70. The lowest BCUT2D eigenvalue weighted by Crippen LogP contribution is -2.36. The summed E-state index contributed by atoms with van der Waals surface area (Å²) in [5.74, 6) is 0.918. The highest BCUT2D eigenvalue weighted by atomic mass is 79.9. The minimum atomic E-state index is 0.204. The molecule has 0 bridgehead atoms. The van der Waals surface area contributed by atoms with Gasteiger partial charge in [-0.3, -0.25) is 0 Å². The fourth-order valence-corrected chi connectivity index (χ4v) is 2.97. The second-order valence-electron chi connectivity index (χ2n) is 5.12. The minimum absolute atomic E-state index is 0.204. The van der Waals surface area contributed by atoms with Gasteiger partial charge in [0.05, 0.1) is 13.2 Å². The van der Waals surface area contributed by atoms with Gasteiger partial charge in [-0.25, -0.2) is 0 Å². The third kappa shape index (κ3) is 4.20. The van der Waals surface area contributed by atoms with E-state index in [1.54, 1.807) is 7.11 Å². The zero-order valence-electron chi connectivity index (χ0n) is 11.4. The number of methoxy groups -OCH3 is 1. The van der Waals surface area contributed by atoms with E-state index in [4.69, 9.17) is 14.2 Å². The van der Waals surface area contributed by atoms with Crippen molar-refractivity contribution in [1.82, 2.24) is 0 Å². The molecular formula is C15H21BrO3. The van der Waals surface area contributed by atoms with E-state index in [0.717, 1.165) is 49.3 Å². The van der Waals surface area contributed by atoms with Crippen molar-refractivity contribution in [3.63, 3.8) is 0 Å². The first-order valence-corrected chi connectivity index (χ1v) is 7.74. The molecule has 4 heteroatoms. The molecule has 1 aliphatic rings. The van der Waals surface area contributed by atoms with Crippen molar-refractivity contribution in [2.75, 3.05) is 32.3 Å². The SMILES string of the molecule is COCc1cccc(OCC2(CBr)CCOCC2)c1. The van der Waals surface area contributed by atoms with Crippen molar-refractivity contribution in [3.05, 3.63) is 29.8 Å². The van der Waals surface area contributed by atoms with Crippen molar-refractivity contribution >= 4 is 15.9 Å². The maximum Gasteiger partial charge on any atom is 0.119 e. The monoisotopic (exact) mass is 328 g/mol. The van der Waals surface area contributed by atoms with E-state index in [-0.39, 0.29) is 5.41 Å². The van der Waals surface area contributed by atoms with E-state index in [1.807, 2.05) is 24.3 Å². The first-order chi connectivity index (χ1) is 9.28. The molecule has 1 heterocycles. The fourth-order valence-electron chi connectivity index (χ4n) is 2.25. The topological polar surface area (TPSA) is 27.7 Å². The van der Waals surface area contributed by atoms with Gasteiger partial charge in [0, 0.05) is 31.1 Å². The molecule has 1 aliphatic heterocycles. The summed E-state index contributed by atoms with van der Waals surface area (Å²) in [6.07, 6.45) is 2.10. The van der Waals surface area contributed by atoms with Crippen molar-refractivity contribution in [1.29, 1.82) is 0 Å². The Hall–Kier alpha value is -0.580. The Morgan fingerprint density at radius 2 is 2.11 bits per heavy atom. The van der Waals surface area contributed by atoms with Gasteiger partial charge in [-0.2, -0.15) is 0 Å². The molecule has 0 spiro atoms. The van der Waals surface area contributed by atoms with Crippen molar-refractivity contribution in [2.45, 2.75) is 19.4 Å². The van der Waals surface area contributed by atoms with Crippen LogP contribution in [0.25, 0.3) is 0 Å². The summed E-state index contributed by atoms with van der Waals surface area (Å²) in [4.78, 5) is 0. The molecule has 0 aliphatic carbocycles. The molecule has 19 heavy (non-hydrogen) atoms. The molecule has 0 amide bonds. The molecule has 0 saturated carbocycles. The van der Waals surface area contributed by atoms with Crippen LogP contribution in [0.1, 0.15) is 18.4 Å². The van der Waals surface area contributed by atoms with Crippen molar-refractivity contribution in [2.24, 2.45) is 5.41 Å². The molecule has 1 aromatic rings. The molecule has 1 saturated heterocycles. The van der Waals surface area contributed by atoms with Crippen molar-refractivity contribution < 1.29 is 14.2 Å². The number of rotatable bonds is 6. The molecule has 0 atom stereocenters.